The van der Waals surface area contributed by atoms with Gasteiger partial charge in [0.1, 0.15) is 17.6 Å². The van der Waals surface area contributed by atoms with Crippen LogP contribution in [0, 0.1) is 5.92 Å². The number of carbonyl (C=O) groups excluding carboxylic acids is 3. The molecule has 3 aromatic rings. The molecule has 47 heavy (non-hydrogen) atoms. The summed E-state index contributed by atoms with van der Waals surface area (Å²) in [5.41, 5.74) is 0.797. The van der Waals surface area contributed by atoms with E-state index in [4.69, 9.17) is 9.47 Å². The van der Waals surface area contributed by atoms with E-state index in [0.717, 1.165) is 12.1 Å². The van der Waals surface area contributed by atoms with Gasteiger partial charge < -0.3 is 40.3 Å². The van der Waals surface area contributed by atoms with Gasteiger partial charge in [-0.05, 0) is 73.7 Å². The third-order valence-electron chi connectivity index (χ3n) is 7.79. The molecule has 0 fully saturated rings. The van der Waals surface area contributed by atoms with Crippen molar-refractivity contribution in [2.24, 2.45) is 5.92 Å². The highest BCUT2D eigenvalue weighted by atomic mass is 19.4. The molecule has 1 aliphatic heterocycles. The Hall–Kier alpha value is -4.98. The number of hydrogen-bond donors (Lipinski definition) is 4. The van der Waals surface area contributed by atoms with E-state index in [1.165, 1.54) is 24.1 Å². The highest BCUT2D eigenvalue weighted by Gasteiger charge is 2.32. The molecule has 0 unspecified atom stereocenters. The Labute approximate surface area is 270 Å². The van der Waals surface area contributed by atoms with E-state index in [9.17, 15) is 32.7 Å². The van der Waals surface area contributed by atoms with E-state index in [-0.39, 0.29) is 43.6 Å². The summed E-state index contributed by atoms with van der Waals surface area (Å²) in [5.74, 6) is 0.457. The van der Waals surface area contributed by atoms with E-state index in [1.807, 2.05) is 6.92 Å². The number of urea groups is 2. The van der Waals surface area contributed by atoms with Crippen molar-refractivity contribution in [1.82, 2.24) is 9.80 Å². The number of ether oxygens (including phenoxy) is 2. The van der Waals surface area contributed by atoms with Crippen LogP contribution in [0.1, 0.15) is 25.0 Å². The normalized spacial score (nSPS) is 17.2. The van der Waals surface area contributed by atoms with Crippen LogP contribution in [0.4, 0.5) is 39.8 Å². The lowest BCUT2D eigenvalue weighted by Gasteiger charge is -2.34. The van der Waals surface area contributed by atoms with Crippen LogP contribution in [0.5, 0.6) is 11.5 Å². The highest BCUT2D eigenvalue weighted by molar-refractivity contribution is 6.00. The Morgan fingerprint density at radius 1 is 1.02 bits per heavy atom. The second-order valence-electron chi connectivity index (χ2n) is 11.4. The molecule has 1 aliphatic rings. The van der Waals surface area contributed by atoms with Crippen molar-refractivity contribution in [2.45, 2.75) is 38.6 Å². The summed E-state index contributed by atoms with van der Waals surface area (Å²) in [6, 6.07) is 14.2. The number of likely N-dealkylation sites (N-methyl/N-ethyl adjacent to an activating group) is 1. The largest absolute Gasteiger partial charge is 0.497 e. The summed E-state index contributed by atoms with van der Waals surface area (Å²) >= 11 is 0. The number of carbonyl (C=O) groups is 3. The van der Waals surface area contributed by atoms with Gasteiger partial charge in [0, 0.05) is 42.1 Å². The van der Waals surface area contributed by atoms with Gasteiger partial charge in [-0.3, -0.25) is 4.79 Å². The van der Waals surface area contributed by atoms with Crippen molar-refractivity contribution < 1.29 is 42.1 Å². The fourth-order valence-corrected chi connectivity index (χ4v) is 5.01. The number of benzene rings is 3. The molecule has 11 nitrogen and oxygen atoms in total. The predicted molar refractivity (Wildman–Crippen MR) is 171 cm³/mol. The number of amides is 5. The molecule has 0 aliphatic carbocycles. The van der Waals surface area contributed by atoms with E-state index < -0.39 is 35.9 Å². The van der Waals surface area contributed by atoms with Gasteiger partial charge in [0.05, 0.1) is 38.3 Å². The first kappa shape index (κ1) is 34.9. The van der Waals surface area contributed by atoms with Crippen molar-refractivity contribution >= 4 is 35.0 Å². The first-order valence-electron chi connectivity index (χ1n) is 14.9. The summed E-state index contributed by atoms with van der Waals surface area (Å²) in [5, 5.41) is 18.0. The lowest BCUT2D eigenvalue weighted by atomic mass is 10.0. The molecule has 1 heterocycles. The maximum atomic E-state index is 13.5. The molecule has 14 heteroatoms. The van der Waals surface area contributed by atoms with E-state index in [2.05, 4.69) is 16.0 Å². The average molecular weight is 658 g/mol. The Morgan fingerprint density at radius 3 is 2.23 bits per heavy atom. The van der Waals surface area contributed by atoms with Crippen LogP contribution >= 0.6 is 0 Å². The Kier molecular flexibility index (Phi) is 11.2. The number of alkyl halides is 3. The van der Waals surface area contributed by atoms with Gasteiger partial charge in [0.25, 0.3) is 0 Å². The zero-order chi connectivity index (χ0) is 34.3. The van der Waals surface area contributed by atoms with E-state index in [0.29, 0.717) is 28.4 Å². The van der Waals surface area contributed by atoms with Crippen molar-refractivity contribution in [3.63, 3.8) is 0 Å². The molecule has 4 N–H and O–H groups in total. The number of anilines is 3. The highest BCUT2D eigenvalue weighted by Crippen LogP contribution is 2.31. The Bertz CT molecular complexity index is 1550. The maximum absolute atomic E-state index is 13.5. The van der Waals surface area contributed by atoms with Crippen LogP contribution in [0.15, 0.2) is 66.7 Å². The molecule has 0 saturated heterocycles. The zero-order valence-electron chi connectivity index (χ0n) is 26.4. The van der Waals surface area contributed by atoms with Gasteiger partial charge in [0.2, 0.25) is 5.91 Å². The van der Waals surface area contributed by atoms with Gasteiger partial charge in [-0.25, -0.2) is 9.59 Å². The fourth-order valence-electron chi connectivity index (χ4n) is 5.01. The number of methoxy groups -OCH3 is 1. The van der Waals surface area contributed by atoms with Crippen LogP contribution < -0.4 is 25.4 Å². The van der Waals surface area contributed by atoms with Crippen LogP contribution in [0.25, 0.3) is 0 Å². The molecule has 3 atom stereocenters. The van der Waals surface area contributed by atoms with Gasteiger partial charge in [0.15, 0.2) is 0 Å². The number of hydrogen-bond acceptors (Lipinski definition) is 6. The number of fused-ring (bicyclic) bond motifs is 1. The van der Waals surface area contributed by atoms with Gasteiger partial charge >= 0.3 is 18.2 Å². The fraction of sp³-hybridized carbons (Fsp3) is 0.364. The van der Waals surface area contributed by atoms with Crippen molar-refractivity contribution in [2.75, 3.05) is 49.8 Å². The molecule has 252 valence electrons. The summed E-state index contributed by atoms with van der Waals surface area (Å²) in [6.45, 7) is 3.61. The second kappa shape index (κ2) is 15.1. The minimum Gasteiger partial charge on any atom is -0.497 e. The molecule has 0 bridgehead atoms. The van der Waals surface area contributed by atoms with E-state index >= 15 is 0 Å². The van der Waals surface area contributed by atoms with Crippen LogP contribution in [0.3, 0.4) is 0 Å². The maximum Gasteiger partial charge on any atom is 0.416 e. The lowest BCUT2D eigenvalue weighted by Crippen LogP contribution is -2.48. The molecule has 5 amide bonds. The summed E-state index contributed by atoms with van der Waals surface area (Å²) < 4.78 is 50.4. The number of rotatable bonds is 8. The third kappa shape index (κ3) is 9.28. The number of nitrogens with one attached hydrogen (secondary N) is 3. The molecular weight excluding hydrogens is 619 g/mol. The number of halogens is 3. The Morgan fingerprint density at radius 2 is 1.62 bits per heavy atom. The minimum atomic E-state index is -4.50. The van der Waals surface area contributed by atoms with Gasteiger partial charge in [-0.1, -0.05) is 6.92 Å². The quantitative estimate of drug-likeness (QED) is 0.247. The monoisotopic (exact) mass is 657 g/mol. The van der Waals surface area contributed by atoms with Crippen molar-refractivity contribution in [3.05, 3.63) is 77.9 Å². The summed E-state index contributed by atoms with van der Waals surface area (Å²) in [6.07, 6.45) is -5.20. The summed E-state index contributed by atoms with van der Waals surface area (Å²) in [4.78, 5) is 42.1. The first-order chi connectivity index (χ1) is 22.3. The summed E-state index contributed by atoms with van der Waals surface area (Å²) in [7, 11) is 3.07. The Balaban J connectivity index is 1.52. The first-order valence-corrected chi connectivity index (χ1v) is 14.9. The molecule has 0 spiro atoms. The molecule has 4 rings (SSSR count). The molecule has 3 aromatic carbocycles. The topological polar surface area (TPSA) is 132 Å². The zero-order valence-corrected chi connectivity index (χ0v) is 26.4. The van der Waals surface area contributed by atoms with Crippen molar-refractivity contribution in [3.8, 4) is 11.5 Å². The molecule has 0 saturated carbocycles. The van der Waals surface area contributed by atoms with Gasteiger partial charge in [-0.2, -0.15) is 13.2 Å². The standard InChI is InChI=1S/C33H38F3N5O6/c1-20-17-41(21(2)19-42)30(43)16-22-15-26(38-31(44)37-24-9-12-27(46-4)13-10-24)11-14-28(22)47-29(20)18-40(3)32(45)39-25-7-5-23(6-8-25)33(34,35)36/h5-15,20-21,29,42H,16-19H2,1-4H3,(H,39,45)(H2,37,38,44)/t20-,21-,29+/m1/s1. The van der Waals surface area contributed by atoms with Gasteiger partial charge in [-0.15, -0.1) is 0 Å². The minimum absolute atomic E-state index is 0.0624. The third-order valence-corrected chi connectivity index (χ3v) is 7.79. The van der Waals surface area contributed by atoms with Crippen LogP contribution in [-0.4, -0.2) is 78.9 Å². The second-order valence-corrected chi connectivity index (χ2v) is 11.4. The number of aliphatic hydroxyl groups excluding tert-OH is 1. The van der Waals surface area contributed by atoms with Crippen LogP contribution in [-0.2, 0) is 17.4 Å². The predicted octanol–water partition coefficient (Wildman–Crippen LogP) is 5.67. The molecule has 0 radical (unpaired) electrons. The average Bonchev–Trinajstić information content (AvgIpc) is 3.08. The van der Waals surface area contributed by atoms with Crippen molar-refractivity contribution in [1.29, 1.82) is 0 Å². The number of aliphatic hydroxyl groups is 1. The SMILES string of the molecule is COc1ccc(NC(=O)Nc2ccc3c(c2)CC(=O)N([C@H](C)CO)C[C@@H](C)[C@H](CN(C)C(=O)Nc2ccc(C(F)(F)F)cc2)O3)cc1. The van der Waals surface area contributed by atoms with Crippen LogP contribution in [0.2, 0.25) is 0 Å². The lowest BCUT2D eigenvalue weighted by molar-refractivity contribution is -0.137. The smallest absolute Gasteiger partial charge is 0.416 e. The molecular formula is C33H38F3N5O6. The molecule has 0 aromatic heterocycles. The number of nitrogens with zero attached hydrogens (tertiary/aromatic N) is 2. The van der Waals surface area contributed by atoms with E-state index in [1.54, 1.807) is 61.4 Å².